The maximum absolute atomic E-state index is 10.7. The summed E-state index contributed by atoms with van der Waals surface area (Å²) >= 11 is 0. The fourth-order valence-corrected chi connectivity index (χ4v) is 0.827. The van der Waals surface area contributed by atoms with Crippen LogP contribution in [-0.2, 0) is 9.53 Å². The third kappa shape index (κ3) is 5.01. The van der Waals surface area contributed by atoms with E-state index in [1.54, 1.807) is 24.3 Å². The van der Waals surface area contributed by atoms with Gasteiger partial charge in [0.1, 0.15) is 5.75 Å². The van der Waals surface area contributed by atoms with Crippen molar-refractivity contribution in [2.45, 2.75) is 13.8 Å². The van der Waals surface area contributed by atoms with E-state index in [1.165, 1.54) is 7.11 Å². The molecule has 0 saturated heterocycles. The van der Waals surface area contributed by atoms with Crippen LogP contribution in [-0.4, -0.2) is 19.7 Å². The lowest BCUT2D eigenvalue weighted by atomic mass is 10.2. The summed E-state index contributed by atoms with van der Waals surface area (Å²) in [5.41, 5.74) is 0.551. The topological polar surface area (TPSA) is 59.3 Å². The van der Waals surface area contributed by atoms with Crippen LogP contribution in [0.4, 0.5) is 0 Å². The number of benzene rings is 1. The molecule has 0 heterocycles. The zero-order valence-corrected chi connectivity index (χ0v) is 9.69. The van der Waals surface area contributed by atoms with Crippen LogP contribution in [0.15, 0.2) is 24.3 Å². The summed E-state index contributed by atoms with van der Waals surface area (Å²) < 4.78 is 9.47. The second-order valence-corrected chi connectivity index (χ2v) is 2.50. The fraction of sp³-hybridized carbons (Fsp3) is 0.333. The van der Waals surface area contributed by atoms with Crippen LogP contribution in [0.5, 0.6) is 5.75 Å². The Morgan fingerprint density at radius 1 is 1.31 bits per heavy atom. The first kappa shape index (κ1) is 14.0. The van der Waals surface area contributed by atoms with Crippen molar-refractivity contribution in [2.75, 3.05) is 13.7 Å². The van der Waals surface area contributed by atoms with Crippen molar-refractivity contribution in [3.8, 4) is 11.8 Å². The van der Waals surface area contributed by atoms with Gasteiger partial charge in [-0.2, -0.15) is 5.26 Å². The maximum Gasteiger partial charge on any atom is 0.343 e. The Morgan fingerprint density at radius 2 is 1.88 bits per heavy atom. The second-order valence-electron chi connectivity index (χ2n) is 2.50. The summed E-state index contributed by atoms with van der Waals surface area (Å²) in [7, 11) is 1.30. The SMILES string of the molecule is CC.COC(=O)COc1ccc(C#N)cc1. The zero-order valence-electron chi connectivity index (χ0n) is 9.69. The average molecular weight is 221 g/mol. The molecule has 0 aliphatic carbocycles. The van der Waals surface area contributed by atoms with E-state index in [9.17, 15) is 4.79 Å². The number of carbonyl (C=O) groups excluding carboxylic acids is 1. The highest BCUT2D eigenvalue weighted by Crippen LogP contribution is 2.11. The third-order valence-electron chi connectivity index (χ3n) is 1.57. The normalized spacial score (nSPS) is 8.12. The smallest absolute Gasteiger partial charge is 0.343 e. The largest absolute Gasteiger partial charge is 0.482 e. The minimum atomic E-state index is -0.436. The summed E-state index contributed by atoms with van der Waals surface area (Å²) in [5, 5.41) is 8.52. The van der Waals surface area contributed by atoms with E-state index in [1.807, 2.05) is 19.9 Å². The van der Waals surface area contributed by atoms with Gasteiger partial charge < -0.3 is 9.47 Å². The number of methoxy groups -OCH3 is 1. The standard InChI is InChI=1S/C10H9NO3.C2H6/c1-13-10(12)7-14-9-4-2-8(6-11)3-5-9;1-2/h2-5H,7H2,1H3;1-2H3. The van der Waals surface area contributed by atoms with Gasteiger partial charge in [0.2, 0.25) is 0 Å². The van der Waals surface area contributed by atoms with Crippen molar-refractivity contribution in [1.29, 1.82) is 5.26 Å². The number of carbonyl (C=O) groups is 1. The molecule has 16 heavy (non-hydrogen) atoms. The molecule has 1 aromatic rings. The van der Waals surface area contributed by atoms with Gasteiger partial charge in [-0.3, -0.25) is 0 Å². The predicted octanol–water partition coefficient (Wildman–Crippen LogP) is 2.14. The van der Waals surface area contributed by atoms with Crippen LogP contribution in [0.1, 0.15) is 19.4 Å². The number of ether oxygens (including phenoxy) is 2. The Labute approximate surface area is 95.4 Å². The van der Waals surface area contributed by atoms with Crippen molar-refractivity contribution < 1.29 is 14.3 Å². The molecule has 0 bridgehead atoms. The van der Waals surface area contributed by atoms with E-state index in [2.05, 4.69) is 4.74 Å². The fourth-order valence-electron chi connectivity index (χ4n) is 0.827. The van der Waals surface area contributed by atoms with E-state index in [-0.39, 0.29) is 6.61 Å². The molecule has 86 valence electrons. The lowest BCUT2D eigenvalue weighted by molar-refractivity contribution is -0.142. The molecule has 0 N–H and O–H groups in total. The first-order valence-electron chi connectivity index (χ1n) is 4.96. The molecule has 0 spiro atoms. The second kappa shape index (κ2) is 8.30. The molecule has 0 fully saturated rings. The zero-order chi connectivity index (χ0) is 12.4. The van der Waals surface area contributed by atoms with Crippen molar-refractivity contribution in [2.24, 2.45) is 0 Å². The number of esters is 1. The molecule has 0 unspecified atom stereocenters. The van der Waals surface area contributed by atoms with Crippen LogP contribution in [0.2, 0.25) is 0 Å². The summed E-state index contributed by atoms with van der Waals surface area (Å²) in [6.07, 6.45) is 0. The Hall–Kier alpha value is -2.02. The number of rotatable bonds is 3. The first-order chi connectivity index (χ1) is 7.76. The van der Waals surface area contributed by atoms with Gasteiger partial charge in [0.15, 0.2) is 6.61 Å². The van der Waals surface area contributed by atoms with Crippen LogP contribution < -0.4 is 4.74 Å². The summed E-state index contributed by atoms with van der Waals surface area (Å²) in [4.78, 5) is 10.7. The van der Waals surface area contributed by atoms with Crippen LogP contribution in [0.3, 0.4) is 0 Å². The van der Waals surface area contributed by atoms with Crippen LogP contribution in [0.25, 0.3) is 0 Å². The van der Waals surface area contributed by atoms with Gasteiger partial charge in [0.05, 0.1) is 18.7 Å². The first-order valence-corrected chi connectivity index (χ1v) is 4.96. The van der Waals surface area contributed by atoms with E-state index in [0.29, 0.717) is 11.3 Å². The van der Waals surface area contributed by atoms with Gasteiger partial charge in [-0.05, 0) is 24.3 Å². The maximum atomic E-state index is 10.7. The van der Waals surface area contributed by atoms with Crippen LogP contribution in [0, 0.1) is 11.3 Å². The number of hydrogen-bond donors (Lipinski definition) is 0. The highest BCUT2D eigenvalue weighted by Gasteiger charge is 2.00. The average Bonchev–Trinajstić information content (AvgIpc) is 2.38. The highest BCUT2D eigenvalue weighted by atomic mass is 16.6. The van der Waals surface area contributed by atoms with E-state index < -0.39 is 5.97 Å². The van der Waals surface area contributed by atoms with Crippen molar-refractivity contribution in [1.82, 2.24) is 0 Å². The molecule has 0 radical (unpaired) electrons. The van der Waals surface area contributed by atoms with Crippen LogP contribution >= 0.6 is 0 Å². The minimum absolute atomic E-state index is 0.123. The Balaban J connectivity index is 0.00000106. The number of nitrogens with zero attached hydrogens (tertiary/aromatic N) is 1. The molecule has 0 saturated carbocycles. The number of hydrogen-bond acceptors (Lipinski definition) is 4. The quantitative estimate of drug-likeness (QED) is 0.734. The molecule has 0 aliphatic heterocycles. The van der Waals surface area contributed by atoms with Crippen molar-refractivity contribution in [3.05, 3.63) is 29.8 Å². The molecule has 0 aromatic heterocycles. The van der Waals surface area contributed by atoms with Gasteiger partial charge >= 0.3 is 5.97 Å². The van der Waals surface area contributed by atoms with Gasteiger partial charge in [-0.25, -0.2) is 4.79 Å². The number of nitriles is 1. The third-order valence-corrected chi connectivity index (χ3v) is 1.57. The van der Waals surface area contributed by atoms with Crippen molar-refractivity contribution >= 4 is 5.97 Å². The summed E-state index contributed by atoms with van der Waals surface area (Å²) in [5.74, 6) is 0.101. The van der Waals surface area contributed by atoms with E-state index in [0.717, 1.165) is 0 Å². The van der Waals surface area contributed by atoms with Gasteiger partial charge in [0, 0.05) is 0 Å². The van der Waals surface area contributed by atoms with Gasteiger partial charge in [-0.1, -0.05) is 13.8 Å². The lowest BCUT2D eigenvalue weighted by Gasteiger charge is -2.03. The Kier molecular flexibility index (Phi) is 7.25. The minimum Gasteiger partial charge on any atom is -0.482 e. The summed E-state index contributed by atoms with van der Waals surface area (Å²) in [6, 6.07) is 8.47. The molecular formula is C12H15NO3. The van der Waals surface area contributed by atoms with E-state index >= 15 is 0 Å². The molecule has 4 nitrogen and oxygen atoms in total. The predicted molar refractivity (Wildman–Crippen MR) is 60.0 cm³/mol. The molecule has 4 heteroatoms. The molecule has 1 rings (SSSR count). The van der Waals surface area contributed by atoms with Crippen molar-refractivity contribution in [3.63, 3.8) is 0 Å². The molecule has 0 amide bonds. The monoisotopic (exact) mass is 221 g/mol. The Bertz CT molecular complexity index is 352. The molecular weight excluding hydrogens is 206 g/mol. The lowest BCUT2D eigenvalue weighted by Crippen LogP contribution is -2.12. The van der Waals surface area contributed by atoms with Gasteiger partial charge in [-0.15, -0.1) is 0 Å². The highest BCUT2D eigenvalue weighted by molar-refractivity contribution is 5.70. The van der Waals surface area contributed by atoms with E-state index in [4.69, 9.17) is 10.00 Å². The molecule has 0 aliphatic rings. The Morgan fingerprint density at radius 3 is 2.31 bits per heavy atom. The molecule has 1 aromatic carbocycles. The summed E-state index contributed by atoms with van der Waals surface area (Å²) in [6.45, 7) is 3.88. The molecule has 0 atom stereocenters. The van der Waals surface area contributed by atoms with Gasteiger partial charge in [0.25, 0.3) is 0 Å².